The monoisotopic (exact) mass is 537 g/mol. The van der Waals surface area contributed by atoms with Crippen LogP contribution < -0.4 is 0 Å². The summed E-state index contributed by atoms with van der Waals surface area (Å²) >= 11 is 0. The summed E-state index contributed by atoms with van der Waals surface area (Å²) in [6.07, 6.45) is 1.72. The summed E-state index contributed by atoms with van der Waals surface area (Å²) in [4.78, 5) is 0. The highest BCUT2D eigenvalue weighted by Crippen LogP contribution is 2.51. The summed E-state index contributed by atoms with van der Waals surface area (Å²) in [6.45, 7) is 0. The van der Waals surface area contributed by atoms with Gasteiger partial charge in [0.15, 0.2) is 0 Å². The van der Waals surface area contributed by atoms with Gasteiger partial charge in [-0.05, 0) is 67.4 Å². The highest BCUT2D eigenvalue weighted by atomic mass is 15.3. The first-order valence-corrected chi connectivity index (χ1v) is 14.1. The predicted molar refractivity (Wildman–Crippen MR) is 172 cm³/mol. The van der Waals surface area contributed by atoms with Gasteiger partial charge < -0.3 is 0 Å². The molecular weight excluding hydrogens is 510 g/mol. The maximum atomic E-state index is 4.60. The minimum absolute atomic E-state index is 0.776. The average molecular weight is 538 g/mol. The molecule has 0 spiro atoms. The van der Waals surface area contributed by atoms with Gasteiger partial charge in [0.2, 0.25) is 0 Å². The maximum absolute atomic E-state index is 4.60. The van der Waals surface area contributed by atoms with Crippen molar-refractivity contribution in [3.8, 4) is 66.9 Å². The van der Waals surface area contributed by atoms with Crippen LogP contribution >= 0.6 is 0 Å². The van der Waals surface area contributed by atoms with Crippen LogP contribution in [0, 0.1) is 0 Å². The van der Waals surface area contributed by atoms with Crippen LogP contribution in [0.3, 0.4) is 0 Å². The lowest BCUT2D eigenvalue weighted by Gasteiger charge is -2.25. The summed E-state index contributed by atoms with van der Waals surface area (Å²) in [5.74, 6) is 0. The largest absolute Gasteiger partial charge is 0.139 e. The fraction of sp³-hybridized carbons (Fsp3) is 0. The molecule has 0 N–H and O–H groups in total. The van der Waals surface area contributed by atoms with Crippen molar-refractivity contribution in [3.63, 3.8) is 0 Å². The van der Waals surface area contributed by atoms with Gasteiger partial charge in [0, 0.05) is 11.1 Å². The Labute approximate surface area is 245 Å². The standard InChI is InChI=1S/C39H27N3/c1-5-15-28(16-6-1)32-23-13-14-24-33(32)39-37(31-21-11-4-12-22-31)34(29-17-7-2-8-18-29)27-35(30-19-9-3-10-20-30)38(39)36-25-26-40-42-41-36/h1-27H. The predicted octanol–water partition coefficient (Wildman–Crippen LogP) is 9.87. The first-order chi connectivity index (χ1) is 20.9. The smallest absolute Gasteiger partial charge is 0.0976 e. The molecule has 42 heavy (non-hydrogen) atoms. The number of aromatic nitrogens is 3. The van der Waals surface area contributed by atoms with E-state index in [9.17, 15) is 0 Å². The molecule has 0 bridgehead atoms. The minimum Gasteiger partial charge on any atom is -0.139 e. The van der Waals surface area contributed by atoms with Crippen LogP contribution in [0.4, 0.5) is 0 Å². The zero-order chi connectivity index (χ0) is 28.1. The summed E-state index contributed by atoms with van der Waals surface area (Å²) in [5.41, 5.74) is 13.2. The molecule has 0 unspecified atom stereocenters. The van der Waals surface area contributed by atoms with Crippen molar-refractivity contribution >= 4 is 0 Å². The Kier molecular flexibility index (Phi) is 6.89. The molecule has 0 fully saturated rings. The van der Waals surface area contributed by atoms with Gasteiger partial charge in [-0.2, -0.15) is 0 Å². The molecule has 7 rings (SSSR count). The van der Waals surface area contributed by atoms with Crippen LogP contribution in [-0.4, -0.2) is 15.4 Å². The van der Waals surface area contributed by atoms with Crippen molar-refractivity contribution in [1.29, 1.82) is 0 Å². The average Bonchev–Trinajstić information content (AvgIpc) is 3.09. The van der Waals surface area contributed by atoms with E-state index in [1.54, 1.807) is 6.20 Å². The molecule has 0 aliphatic heterocycles. The lowest BCUT2D eigenvalue weighted by molar-refractivity contribution is 0.871. The molecule has 198 valence electrons. The van der Waals surface area contributed by atoms with Gasteiger partial charge in [-0.1, -0.05) is 146 Å². The van der Waals surface area contributed by atoms with Gasteiger partial charge in [0.1, 0.15) is 0 Å². The normalized spacial score (nSPS) is 10.9. The van der Waals surface area contributed by atoms with E-state index in [-0.39, 0.29) is 0 Å². The molecule has 0 amide bonds. The molecule has 0 aliphatic carbocycles. The first-order valence-electron chi connectivity index (χ1n) is 14.1. The zero-order valence-corrected chi connectivity index (χ0v) is 22.9. The summed E-state index contributed by atoms with van der Waals surface area (Å²) in [6, 6.07) is 55.4. The lowest BCUT2D eigenvalue weighted by atomic mass is 9.78. The molecule has 7 aromatic rings. The van der Waals surface area contributed by atoms with Crippen molar-refractivity contribution in [1.82, 2.24) is 15.4 Å². The van der Waals surface area contributed by atoms with Crippen LogP contribution in [0.1, 0.15) is 0 Å². The van der Waals surface area contributed by atoms with Crippen molar-refractivity contribution in [2.24, 2.45) is 0 Å². The van der Waals surface area contributed by atoms with Crippen molar-refractivity contribution in [3.05, 3.63) is 164 Å². The minimum atomic E-state index is 0.776. The fourth-order valence-electron chi connectivity index (χ4n) is 5.76. The number of hydrogen-bond donors (Lipinski definition) is 0. The third-order valence-electron chi connectivity index (χ3n) is 7.60. The summed E-state index contributed by atoms with van der Waals surface area (Å²) in [5, 5.41) is 12.7. The molecule has 0 saturated carbocycles. The van der Waals surface area contributed by atoms with Crippen LogP contribution in [0.5, 0.6) is 0 Å². The Hall–Kier alpha value is -5.67. The Morgan fingerprint density at radius 2 is 0.786 bits per heavy atom. The van der Waals surface area contributed by atoms with E-state index in [0.29, 0.717) is 0 Å². The van der Waals surface area contributed by atoms with E-state index in [1.807, 2.05) is 6.07 Å². The Morgan fingerprint density at radius 1 is 0.333 bits per heavy atom. The lowest BCUT2D eigenvalue weighted by Crippen LogP contribution is -2.01. The highest BCUT2D eigenvalue weighted by molar-refractivity contribution is 6.09. The van der Waals surface area contributed by atoms with Gasteiger partial charge in [0.25, 0.3) is 0 Å². The van der Waals surface area contributed by atoms with Crippen LogP contribution in [0.25, 0.3) is 66.9 Å². The second-order valence-corrected chi connectivity index (χ2v) is 10.1. The maximum Gasteiger partial charge on any atom is 0.0976 e. The van der Waals surface area contributed by atoms with Gasteiger partial charge >= 0.3 is 0 Å². The van der Waals surface area contributed by atoms with Gasteiger partial charge in [-0.15, -0.1) is 10.2 Å². The van der Waals surface area contributed by atoms with Crippen LogP contribution in [0.2, 0.25) is 0 Å². The SMILES string of the molecule is c1ccc(-c2ccccc2-c2c(-c3ccccc3)c(-c3ccccc3)cc(-c3ccccc3)c2-c2ccnnn2)cc1. The molecule has 1 aromatic heterocycles. The number of nitrogens with zero attached hydrogens (tertiary/aromatic N) is 3. The second-order valence-electron chi connectivity index (χ2n) is 10.1. The van der Waals surface area contributed by atoms with Crippen molar-refractivity contribution in [2.75, 3.05) is 0 Å². The Morgan fingerprint density at radius 3 is 1.31 bits per heavy atom. The second kappa shape index (κ2) is 11.4. The van der Waals surface area contributed by atoms with E-state index in [0.717, 1.165) is 66.9 Å². The first kappa shape index (κ1) is 25.3. The van der Waals surface area contributed by atoms with Gasteiger partial charge in [-0.3, -0.25) is 0 Å². The summed E-state index contributed by atoms with van der Waals surface area (Å²) in [7, 11) is 0. The Balaban J connectivity index is 1.72. The number of rotatable bonds is 6. The Bertz CT molecular complexity index is 1840. The molecular formula is C39H27N3. The van der Waals surface area contributed by atoms with Crippen molar-refractivity contribution in [2.45, 2.75) is 0 Å². The zero-order valence-electron chi connectivity index (χ0n) is 22.9. The van der Waals surface area contributed by atoms with E-state index in [4.69, 9.17) is 0 Å². The van der Waals surface area contributed by atoms with Crippen LogP contribution in [-0.2, 0) is 0 Å². The molecule has 0 saturated heterocycles. The van der Waals surface area contributed by atoms with E-state index in [1.165, 1.54) is 0 Å². The molecule has 0 radical (unpaired) electrons. The molecule has 0 aliphatic rings. The number of hydrogen-bond acceptors (Lipinski definition) is 3. The molecule has 3 heteroatoms. The van der Waals surface area contributed by atoms with E-state index in [2.05, 4.69) is 167 Å². The van der Waals surface area contributed by atoms with E-state index < -0.39 is 0 Å². The van der Waals surface area contributed by atoms with Gasteiger partial charge in [-0.25, -0.2) is 0 Å². The van der Waals surface area contributed by atoms with Crippen molar-refractivity contribution < 1.29 is 0 Å². The molecule has 0 atom stereocenters. The summed E-state index contributed by atoms with van der Waals surface area (Å²) < 4.78 is 0. The van der Waals surface area contributed by atoms with Gasteiger partial charge in [0.05, 0.1) is 11.9 Å². The quantitative estimate of drug-likeness (QED) is 0.212. The molecule has 1 heterocycles. The molecule has 6 aromatic carbocycles. The van der Waals surface area contributed by atoms with Crippen LogP contribution in [0.15, 0.2) is 164 Å². The highest BCUT2D eigenvalue weighted by Gasteiger charge is 2.26. The third kappa shape index (κ3) is 4.78. The third-order valence-corrected chi connectivity index (χ3v) is 7.60. The van der Waals surface area contributed by atoms with E-state index >= 15 is 0 Å². The fourth-order valence-corrected chi connectivity index (χ4v) is 5.76. The molecule has 3 nitrogen and oxygen atoms in total. The number of benzene rings is 6. The topological polar surface area (TPSA) is 38.7 Å².